The van der Waals surface area contributed by atoms with E-state index in [-0.39, 0.29) is 5.91 Å². The summed E-state index contributed by atoms with van der Waals surface area (Å²) in [5.74, 6) is 1.29. The lowest BCUT2D eigenvalue weighted by molar-refractivity contribution is -0.115. The van der Waals surface area contributed by atoms with E-state index in [1.807, 2.05) is 23.9 Å². The minimum Gasteiger partial charge on any atom is -0.380 e. The Morgan fingerprint density at radius 3 is 3.11 bits per heavy atom. The van der Waals surface area contributed by atoms with Crippen LogP contribution in [-0.4, -0.2) is 23.0 Å². The number of rotatable bonds is 2. The maximum atomic E-state index is 11.4. The molecule has 2 N–H and O–H groups in total. The van der Waals surface area contributed by atoms with Crippen molar-refractivity contribution in [2.75, 3.05) is 16.4 Å². The lowest BCUT2D eigenvalue weighted by atomic mass is 10.1. The van der Waals surface area contributed by atoms with Gasteiger partial charge in [-0.25, -0.2) is 0 Å². The topological polar surface area (TPSA) is 41.1 Å². The predicted molar refractivity (Wildman–Crippen MR) is 82.4 cm³/mol. The number of hydrogen-bond acceptors (Lipinski definition) is 3. The standard InChI is InChI=1S/C14H17ClN2OS/c1-8-11(3-2-4-19-8)16-13-5-9-6-14(18)17-12(9)7-10(13)15/h5,7-8,11,16H,2-4,6H2,1H3,(H,17,18). The molecule has 0 radical (unpaired) electrons. The Balaban J connectivity index is 1.81. The van der Waals surface area contributed by atoms with Crippen LogP contribution >= 0.6 is 23.4 Å². The molecule has 1 aromatic rings. The van der Waals surface area contributed by atoms with Crippen LogP contribution in [0.3, 0.4) is 0 Å². The largest absolute Gasteiger partial charge is 0.380 e. The van der Waals surface area contributed by atoms with Crippen molar-refractivity contribution in [2.45, 2.75) is 37.5 Å². The highest BCUT2D eigenvalue weighted by Gasteiger charge is 2.24. The second-order valence-corrected chi connectivity index (χ2v) is 7.08. The second kappa shape index (κ2) is 5.25. The van der Waals surface area contributed by atoms with Gasteiger partial charge in [-0.3, -0.25) is 4.79 Å². The summed E-state index contributed by atoms with van der Waals surface area (Å²) in [5, 5.41) is 7.65. The van der Waals surface area contributed by atoms with Crippen molar-refractivity contribution >= 4 is 40.6 Å². The number of carbonyl (C=O) groups is 1. The highest BCUT2D eigenvalue weighted by molar-refractivity contribution is 8.00. The number of carbonyl (C=O) groups excluding carboxylic acids is 1. The van der Waals surface area contributed by atoms with Gasteiger partial charge in [-0.15, -0.1) is 0 Å². The molecule has 3 nitrogen and oxygen atoms in total. The fourth-order valence-electron chi connectivity index (χ4n) is 2.67. The summed E-state index contributed by atoms with van der Waals surface area (Å²) in [6.45, 7) is 2.26. The molecule has 2 heterocycles. The zero-order chi connectivity index (χ0) is 13.4. The third-order valence-electron chi connectivity index (χ3n) is 3.77. The van der Waals surface area contributed by atoms with Gasteiger partial charge in [0, 0.05) is 17.0 Å². The average Bonchev–Trinajstić information content (AvgIpc) is 2.71. The first kappa shape index (κ1) is 13.1. The molecule has 0 aliphatic carbocycles. The van der Waals surface area contributed by atoms with Crippen LogP contribution in [0.5, 0.6) is 0 Å². The monoisotopic (exact) mass is 296 g/mol. The smallest absolute Gasteiger partial charge is 0.228 e. The van der Waals surface area contributed by atoms with Gasteiger partial charge in [-0.2, -0.15) is 11.8 Å². The van der Waals surface area contributed by atoms with Crippen molar-refractivity contribution < 1.29 is 4.79 Å². The maximum Gasteiger partial charge on any atom is 0.228 e. The summed E-state index contributed by atoms with van der Waals surface area (Å²) >= 11 is 8.31. The predicted octanol–water partition coefficient (Wildman–Crippen LogP) is 3.53. The Kier molecular flexibility index (Phi) is 3.63. The van der Waals surface area contributed by atoms with Crippen LogP contribution in [0.4, 0.5) is 11.4 Å². The number of benzene rings is 1. The van der Waals surface area contributed by atoms with Gasteiger partial charge in [0.2, 0.25) is 5.91 Å². The molecule has 2 atom stereocenters. The molecular formula is C14H17ClN2OS. The van der Waals surface area contributed by atoms with E-state index in [2.05, 4.69) is 17.6 Å². The Morgan fingerprint density at radius 2 is 2.32 bits per heavy atom. The van der Waals surface area contributed by atoms with Crippen LogP contribution < -0.4 is 10.6 Å². The summed E-state index contributed by atoms with van der Waals surface area (Å²) in [6.07, 6.45) is 2.88. The third-order valence-corrected chi connectivity index (χ3v) is 5.46. The molecule has 1 amide bonds. The molecule has 102 valence electrons. The third kappa shape index (κ3) is 2.70. The zero-order valence-corrected chi connectivity index (χ0v) is 12.4. The second-order valence-electron chi connectivity index (χ2n) is 5.18. The molecule has 2 aliphatic rings. The van der Waals surface area contributed by atoms with E-state index in [9.17, 15) is 4.79 Å². The summed E-state index contributed by atoms with van der Waals surface area (Å²) in [7, 11) is 0. The molecule has 2 unspecified atom stereocenters. The zero-order valence-electron chi connectivity index (χ0n) is 10.8. The number of anilines is 2. The van der Waals surface area contributed by atoms with Crippen molar-refractivity contribution in [2.24, 2.45) is 0 Å². The summed E-state index contributed by atoms with van der Waals surface area (Å²) in [4.78, 5) is 11.4. The summed E-state index contributed by atoms with van der Waals surface area (Å²) < 4.78 is 0. The quantitative estimate of drug-likeness (QED) is 0.877. The van der Waals surface area contributed by atoms with Crippen LogP contribution in [-0.2, 0) is 11.2 Å². The highest BCUT2D eigenvalue weighted by atomic mass is 35.5. The minimum absolute atomic E-state index is 0.0461. The molecule has 0 saturated carbocycles. The van der Waals surface area contributed by atoms with Crippen LogP contribution in [0.1, 0.15) is 25.3 Å². The van der Waals surface area contributed by atoms with E-state index < -0.39 is 0 Å². The number of nitrogens with one attached hydrogen (secondary N) is 2. The number of halogens is 1. The molecule has 1 aromatic carbocycles. The number of thioether (sulfide) groups is 1. The van der Waals surface area contributed by atoms with E-state index in [0.717, 1.165) is 16.9 Å². The van der Waals surface area contributed by atoms with Gasteiger partial charge in [-0.05, 0) is 36.3 Å². The van der Waals surface area contributed by atoms with Crippen LogP contribution in [0, 0.1) is 0 Å². The van der Waals surface area contributed by atoms with Gasteiger partial charge in [0.1, 0.15) is 0 Å². The SMILES string of the molecule is CC1SCCCC1Nc1cc2c(cc1Cl)NC(=O)C2. The first-order chi connectivity index (χ1) is 9.13. The molecule has 1 saturated heterocycles. The molecule has 2 aliphatic heterocycles. The first-order valence-electron chi connectivity index (χ1n) is 6.64. The van der Waals surface area contributed by atoms with Gasteiger partial charge in [0.25, 0.3) is 0 Å². The van der Waals surface area contributed by atoms with Crippen LogP contribution in [0.15, 0.2) is 12.1 Å². The van der Waals surface area contributed by atoms with Crippen molar-refractivity contribution in [3.05, 3.63) is 22.7 Å². The molecule has 0 bridgehead atoms. The highest BCUT2D eigenvalue weighted by Crippen LogP contribution is 2.35. The fourth-order valence-corrected chi connectivity index (χ4v) is 4.03. The van der Waals surface area contributed by atoms with E-state index in [0.29, 0.717) is 22.7 Å². The molecule has 3 rings (SSSR count). The van der Waals surface area contributed by atoms with Crippen LogP contribution in [0.25, 0.3) is 0 Å². The van der Waals surface area contributed by atoms with Gasteiger partial charge >= 0.3 is 0 Å². The van der Waals surface area contributed by atoms with Gasteiger partial charge in [-0.1, -0.05) is 18.5 Å². The normalized spacial score (nSPS) is 25.9. The molecule has 19 heavy (non-hydrogen) atoms. The van der Waals surface area contributed by atoms with Gasteiger partial charge < -0.3 is 10.6 Å². The summed E-state index contributed by atoms with van der Waals surface area (Å²) in [5.41, 5.74) is 2.84. The van der Waals surface area contributed by atoms with Crippen LogP contribution in [0.2, 0.25) is 5.02 Å². The van der Waals surface area contributed by atoms with Crippen molar-refractivity contribution in [3.8, 4) is 0 Å². The molecule has 5 heteroatoms. The first-order valence-corrected chi connectivity index (χ1v) is 8.06. The Labute approximate surface area is 122 Å². The number of fused-ring (bicyclic) bond motifs is 1. The van der Waals surface area contributed by atoms with E-state index in [4.69, 9.17) is 11.6 Å². The Hall–Kier alpha value is -0.870. The number of hydrogen-bond donors (Lipinski definition) is 2. The molecule has 1 fully saturated rings. The summed E-state index contributed by atoms with van der Waals surface area (Å²) in [6, 6.07) is 4.33. The van der Waals surface area contributed by atoms with Crippen molar-refractivity contribution in [1.82, 2.24) is 0 Å². The fraction of sp³-hybridized carbons (Fsp3) is 0.500. The van der Waals surface area contributed by atoms with Crippen molar-refractivity contribution in [1.29, 1.82) is 0 Å². The number of amides is 1. The molecule has 0 spiro atoms. The van der Waals surface area contributed by atoms with Gasteiger partial charge in [0.05, 0.1) is 17.1 Å². The minimum atomic E-state index is 0.0461. The average molecular weight is 297 g/mol. The molecular weight excluding hydrogens is 280 g/mol. The lowest BCUT2D eigenvalue weighted by Crippen LogP contribution is -2.32. The Morgan fingerprint density at radius 1 is 1.47 bits per heavy atom. The Bertz CT molecular complexity index is 520. The van der Waals surface area contributed by atoms with E-state index >= 15 is 0 Å². The lowest BCUT2D eigenvalue weighted by Gasteiger charge is -2.30. The van der Waals surface area contributed by atoms with Gasteiger partial charge in [0.15, 0.2) is 0 Å². The maximum absolute atomic E-state index is 11.4. The molecule has 0 aromatic heterocycles. The van der Waals surface area contributed by atoms with Crippen molar-refractivity contribution in [3.63, 3.8) is 0 Å². The van der Waals surface area contributed by atoms with E-state index in [1.54, 1.807) is 0 Å². The van der Waals surface area contributed by atoms with E-state index in [1.165, 1.54) is 18.6 Å².